The van der Waals surface area contributed by atoms with Crippen molar-refractivity contribution in [3.05, 3.63) is 271 Å². The summed E-state index contributed by atoms with van der Waals surface area (Å²) in [4.78, 5) is 2.39. The molecule has 0 atom stereocenters. The number of para-hydroxylation sites is 3. The van der Waals surface area contributed by atoms with Crippen molar-refractivity contribution in [1.29, 1.82) is 0 Å². The molecule has 1 aliphatic carbocycles. The lowest BCUT2D eigenvalue weighted by Crippen LogP contribution is -2.28. The maximum atomic E-state index is 6.50. The van der Waals surface area contributed by atoms with Crippen molar-refractivity contribution >= 4 is 71.7 Å². The first-order valence-electron chi connectivity index (χ1n) is 23.3. The van der Waals surface area contributed by atoms with Crippen LogP contribution in [-0.4, -0.2) is 0 Å². The quantitative estimate of drug-likeness (QED) is 0.160. The van der Waals surface area contributed by atoms with Crippen molar-refractivity contribution < 1.29 is 8.83 Å². The lowest BCUT2D eigenvalue weighted by Gasteiger charge is -2.34. The molecule has 0 N–H and O–H groups in total. The standard InChI is InChI=1S/C65H41NO2/c1-3-16-44(17-4-1)65(45-18-5-2-6-19-45)58-27-12-9-21-51(58)57-40-48(38-39-59(57)65)66(46-34-30-42(31-35-46)49-25-15-26-54-52-22-10-13-28-60(52)68-64(49)54)47-36-32-43(33-37-47)56-41-62-63(53-23-8-7-20-50(53)56)55-24-11-14-29-61(55)67-62/h1-41H. The van der Waals surface area contributed by atoms with Gasteiger partial charge in [0.15, 0.2) is 0 Å². The summed E-state index contributed by atoms with van der Waals surface area (Å²) >= 11 is 0. The maximum absolute atomic E-state index is 6.50. The summed E-state index contributed by atoms with van der Waals surface area (Å²) in [5.74, 6) is 0. The van der Waals surface area contributed by atoms with Gasteiger partial charge in [0.2, 0.25) is 0 Å². The summed E-state index contributed by atoms with van der Waals surface area (Å²) in [5.41, 5.74) is 18.3. The molecule has 0 spiro atoms. The molecule has 0 unspecified atom stereocenters. The number of furan rings is 2. The fourth-order valence-electron chi connectivity index (χ4n) is 11.4. The number of anilines is 3. The Morgan fingerprint density at radius 3 is 1.51 bits per heavy atom. The van der Waals surface area contributed by atoms with Crippen LogP contribution in [0.5, 0.6) is 0 Å². The third-order valence-electron chi connectivity index (χ3n) is 14.4. The zero-order valence-corrected chi connectivity index (χ0v) is 36.9. The van der Waals surface area contributed by atoms with Crippen LogP contribution in [0, 0.1) is 0 Å². The van der Waals surface area contributed by atoms with Crippen LogP contribution in [-0.2, 0) is 5.41 Å². The van der Waals surface area contributed by atoms with Gasteiger partial charge in [-0.15, -0.1) is 0 Å². The van der Waals surface area contributed by atoms with Crippen molar-refractivity contribution in [1.82, 2.24) is 0 Å². The number of nitrogens with zero attached hydrogens (tertiary/aromatic N) is 1. The molecule has 0 bridgehead atoms. The monoisotopic (exact) mass is 867 g/mol. The molecule has 1 aliphatic rings. The summed E-state index contributed by atoms with van der Waals surface area (Å²) in [7, 11) is 0. The fraction of sp³-hybridized carbons (Fsp3) is 0.0154. The molecule has 2 heterocycles. The van der Waals surface area contributed by atoms with Gasteiger partial charge in [0, 0.05) is 44.2 Å². The van der Waals surface area contributed by atoms with E-state index in [4.69, 9.17) is 8.83 Å². The molecule has 3 heteroatoms. The third kappa shape index (κ3) is 5.66. The lowest BCUT2D eigenvalue weighted by molar-refractivity contribution is 0.669. The average molecular weight is 868 g/mol. The first kappa shape index (κ1) is 38.4. The van der Waals surface area contributed by atoms with E-state index in [0.29, 0.717) is 0 Å². The number of hydrogen-bond acceptors (Lipinski definition) is 3. The zero-order chi connectivity index (χ0) is 44.8. The number of benzene rings is 11. The van der Waals surface area contributed by atoms with Crippen LogP contribution in [0.15, 0.2) is 258 Å². The predicted molar refractivity (Wildman–Crippen MR) is 281 cm³/mol. The highest BCUT2D eigenvalue weighted by atomic mass is 16.3. The smallest absolute Gasteiger partial charge is 0.143 e. The van der Waals surface area contributed by atoms with Crippen LogP contribution < -0.4 is 4.90 Å². The minimum atomic E-state index is -0.484. The van der Waals surface area contributed by atoms with Crippen LogP contribution in [0.4, 0.5) is 17.1 Å². The van der Waals surface area contributed by atoms with Gasteiger partial charge < -0.3 is 13.7 Å². The highest BCUT2D eigenvalue weighted by Crippen LogP contribution is 2.57. The van der Waals surface area contributed by atoms with Gasteiger partial charge in [-0.1, -0.05) is 194 Å². The van der Waals surface area contributed by atoms with Crippen molar-refractivity contribution in [2.45, 2.75) is 5.41 Å². The number of fused-ring (bicyclic) bond motifs is 11. The van der Waals surface area contributed by atoms with E-state index in [1.165, 1.54) is 44.2 Å². The second kappa shape index (κ2) is 15.1. The van der Waals surface area contributed by atoms with Gasteiger partial charge in [-0.2, -0.15) is 0 Å². The molecule has 3 nitrogen and oxygen atoms in total. The van der Waals surface area contributed by atoms with Crippen molar-refractivity contribution in [3.8, 4) is 33.4 Å². The third-order valence-corrected chi connectivity index (χ3v) is 14.4. The first-order valence-corrected chi connectivity index (χ1v) is 23.3. The topological polar surface area (TPSA) is 29.5 Å². The molecule has 0 saturated carbocycles. The molecule has 0 amide bonds. The Labute approximate surface area is 393 Å². The van der Waals surface area contributed by atoms with Crippen LogP contribution in [0.25, 0.3) is 88.0 Å². The molecule has 68 heavy (non-hydrogen) atoms. The van der Waals surface area contributed by atoms with E-state index < -0.39 is 5.41 Å². The molecule has 11 aromatic carbocycles. The van der Waals surface area contributed by atoms with Gasteiger partial charge in [-0.3, -0.25) is 0 Å². The van der Waals surface area contributed by atoms with Crippen molar-refractivity contribution in [3.63, 3.8) is 0 Å². The summed E-state index contributed by atoms with van der Waals surface area (Å²) < 4.78 is 13.0. The van der Waals surface area contributed by atoms with Crippen LogP contribution in [0.1, 0.15) is 22.3 Å². The van der Waals surface area contributed by atoms with E-state index in [0.717, 1.165) is 83.2 Å². The molecular weight excluding hydrogens is 827 g/mol. The fourth-order valence-corrected chi connectivity index (χ4v) is 11.4. The van der Waals surface area contributed by atoms with Crippen LogP contribution in [0.3, 0.4) is 0 Å². The first-order chi connectivity index (χ1) is 33.7. The molecule has 13 aromatic rings. The molecule has 0 fully saturated rings. The van der Waals surface area contributed by atoms with Crippen LogP contribution >= 0.6 is 0 Å². The van der Waals surface area contributed by atoms with Gasteiger partial charge in [0.1, 0.15) is 22.3 Å². The highest BCUT2D eigenvalue weighted by molar-refractivity contribution is 6.22. The van der Waals surface area contributed by atoms with Gasteiger partial charge in [-0.05, 0) is 115 Å². The molecular formula is C65H41NO2. The van der Waals surface area contributed by atoms with E-state index in [-0.39, 0.29) is 0 Å². The summed E-state index contributed by atoms with van der Waals surface area (Å²) in [6.07, 6.45) is 0. The Hall–Kier alpha value is -8.92. The minimum absolute atomic E-state index is 0.484. The summed E-state index contributed by atoms with van der Waals surface area (Å²) in [6.45, 7) is 0. The number of rotatable bonds is 7. The molecule has 318 valence electrons. The Morgan fingerprint density at radius 1 is 0.294 bits per heavy atom. The Bertz CT molecular complexity index is 4030. The lowest BCUT2D eigenvalue weighted by atomic mass is 9.68. The van der Waals surface area contributed by atoms with Gasteiger partial charge in [0.05, 0.1) is 5.41 Å². The highest BCUT2D eigenvalue weighted by Gasteiger charge is 2.46. The predicted octanol–water partition coefficient (Wildman–Crippen LogP) is 17.8. The van der Waals surface area contributed by atoms with E-state index in [1.807, 2.05) is 18.2 Å². The molecule has 0 aliphatic heterocycles. The van der Waals surface area contributed by atoms with E-state index in [1.54, 1.807) is 0 Å². The second-order valence-corrected chi connectivity index (χ2v) is 17.9. The molecule has 2 aromatic heterocycles. The maximum Gasteiger partial charge on any atom is 0.143 e. The van der Waals surface area contributed by atoms with Crippen LogP contribution in [0.2, 0.25) is 0 Å². The van der Waals surface area contributed by atoms with E-state index in [9.17, 15) is 0 Å². The van der Waals surface area contributed by atoms with Gasteiger partial charge in [-0.25, -0.2) is 0 Å². The average Bonchev–Trinajstić information content (AvgIpc) is 4.08. The number of hydrogen-bond donors (Lipinski definition) is 0. The van der Waals surface area contributed by atoms with E-state index in [2.05, 4.69) is 235 Å². The summed E-state index contributed by atoms with van der Waals surface area (Å²) in [5, 5.41) is 6.93. The minimum Gasteiger partial charge on any atom is -0.456 e. The second-order valence-electron chi connectivity index (χ2n) is 17.9. The Kier molecular flexibility index (Phi) is 8.50. The SMILES string of the molecule is c1ccc(C2(c3ccccc3)c3ccccc3-c3cc(N(c4ccc(-c5cc6oc7ccccc7c6c6ccccc56)cc4)c4ccc(-c5cccc6c5oc5ccccc56)cc4)ccc32)cc1. The molecule has 0 radical (unpaired) electrons. The van der Waals surface area contributed by atoms with Gasteiger partial charge in [0.25, 0.3) is 0 Å². The van der Waals surface area contributed by atoms with E-state index >= 15 is 0 Å². The largest absolute Gasteiger partial charge is 0.456 e. The van der Waals surface area contributed by atoms with Crippen molar-refractivity contribution in [2.24, 2.45) is 0 Å². The molecule has 14 rings (SSSR count). The van der Waals surface area contributed by atoms with Crippen molar-refractivity contribution in [2.75, 3.05) is 4.90 Å². The Balaban J connectivity index is 0.943. The normalized spacial score (nSPS) is 12.8. The summed E-state index contributed by atoms with van der Waals surface area (Å²) in [6, 6.07) is 90.0. The Morgan fingerprint density at radius 2 is 0.809 bits per heavy atom. The zero-order valence-electron chi connectivity index (χ0n) is 36.9. The van der Waals surface area contributed by atoms with Gasteiger partial charge >= 0.3 is 0 Å². The molecule has 0 saturated heterocycles.